The second-order valence-corrected chi connectivity index (χ2v) is 11.7. The fraction of sp³-hybridized carbons (Fsp3) is 0.222. The van der Waals surface area contributed by atoms with Gasteiger partial charge < -0.3 is 29.6 Å². The highest BCUT2D eigenvalue weighted by molar-refractivity contribution is 6.37. The Hall–Kier alpha value is -5.86. The Kier molecular flexibility index (Phi) is 13.4. The topological polar surface area (TPSA) is 179 Å². The molecule has 4 rings (SSSR count). The molecule has 2 amide bonds. The molecule has 0 spiro atoms. The molecule has 0 aliphatic rings. The highest BCUT2D eigenvalue weighted by Gasteiger charge is 2.26. The molecule has 52 heavy (non-hydrogen) atoms. The van der Waals surface area contributed by atoms with E-state index in [1.165, 1.54) is 48.4 Å². The van der Waals surface area contributed by atoms with E-state index in [4.69, 9.17) is 42.1 Å². The zero-order valence-corrected chi connectivity index (χ0v) is 30.4. The Morgan fingerprint density at radius 1 is 0.596 bits per heavy atom. The number of nitrogens with one attached hydrogen (secondary N) is 2. The van der Waals surface area contributed by atoms with Gasteiger partial charge in [-0.2, -0.15) is 20.5 Å². The molecule has 2 atom stereocenters. The van der Waals surface area contributed by atoms with Crippen molar-refractivity contribution in [1.29, 1.82) is 0 Å². The summed E-state index contributed by atoms with van der Waals surface area (Å²) in [5.74, 6) is -0.871. The van der Waals surface area contributed by atoms with Crippen molar-refractivity contribution in [3.8, 4) is 34.1 Å². The van der Waals surface area contributed by atoms with Crippen LogP contribution in [-0.4, -0.2) is 63.9 Å². The first kappa shape index (κ1) is 38.9. The zero-order valence-electron chi connectivity index (χ0n) is 28.9. The van der Waals surface area contributed by atoms with Crippen molar-refractivity contribution >= 4 is 69.3 Å². The quantitative estimate of drug-likeness (QED) is 0.0905. The minimum atomic E-state index is -1.49. The number of ether oxygens (including phenoxy) is 4. The van der Waals surface area contributed by atoms with Crippen LogP contribution >= 0.6 is 23.2 Å². The molecule has 0 aromatic heterocycles. The molecule has 4 aromatic carbocycles. The number of benzene rings is 4. The molecule has 14 nitrogen and oxygen atoms in total. The molecular formula is C36H34Cl2N6O8. The molecule has 270 valence electrons. The number of rotatable bonds is 15. The molecule has 0 fully saturated rings. The lowest BCUT2D eigenvalue weighted by molar-refractivity contribution is -0.127. The van der Waals surface area contributed by atoms with Crippen LogP contribution in [0.5, 0.6) is 23.0 Å². The van der Waals surface area contributed by atoms with Gasteiger partial charge in [-0.15, -0.1) is 0 Å². The third-order valence-electron chi connectivity index (χ3n) is 7.38. The van der Waals surface area contributed by atoms with Gasteiger partial charge in [-0.25, -0.2) is 0 Å². The summed E-state index contributed by atoms with van der Waals surface area (Å²) in [5, 5.41) is 21.8. The average molecular weight is 750 g/mol. The predicted molar refractivity (Wildman–Crippen MR) is 196 cm³/mol. The Morgan fingerprint density at radius 2 is 1.08 bits per heavy atom. The monoisotopic (exact) mass is 748 g/mol. The van der Waals surface area contributed by atoms with Crippen LogP contribution in [0.15, 0.2) is 93.3 Å². The van der Waals surface area contributed by atoms with Gasteiger partial charge in [0.1, 0.15) is 28.7 Å². The normalized spacial score (nSPS) is 12.2. The van der Waals surface area contributed by atoms with Crippen LogP contribution < -0.4 is 29.6 Å². The van der Waals surface area contributed by atoms with Crippen LogP contribution in [-0.2, 0) is 19.2 Å². The van der Waals surface area contributed by atoms with Gasteiger partial charge in [0, 0.05) is 17.7 Å². The van der Waals surface area contributed by atoms with E-state index < -0.39 is 35.5 Å². The second kappa shape index (κ2) is 17.9. The summed E-state index contributed by atoms with van der Waals surface area (Å²) in [6.45, 7) is 2.45. The van der Waals surface area contributed by atoms with E-state index in [1.54, 1.807) is 66.7 Å². The molecule has 0 aliphatic carbocycles. The smallest absolute Gasteiger partial charge is 0.258 e. The van der Waals surface area contributed by atoms with E-state index in [0.29, 0.717) is 45.5 Å². The molecule has 0 saturated carbocycles. The fourth-order valence-corrected chi connectivity index (χ4v) is 5.12. The third-order valence-corrected chi connectivity index (χ3v) is 8.00. The molecule has 2 unspecified atom stereocenters. The zero-order chi connectivity index (χ0) is 37.9. The van der Waals surface area contributed by atoms with E-state index in [0.717, 1.165) is 0 Å². The first-order valence-electron chi connectivity index (χ1n) is 15.4. The number of anilines is 2. The van der Waals surface area contributed by atoms with Crippen molar-refractivity contribution < 1.29 is 38.1 Å². The maximum atomic E-state index is 13.0. The van der Waals surface area contributed by atoms with Gasteiger partial charge in [0.2, 0.25) is 12.1 Å². The van der Waals surface area contributed by atoms with Crippen molar-refractivity contribution in [2.75, 3.05) is 39.1 Å². The average Bonchev–Trinajstić information content (AvgIpc) is 3.12. The summed E-state index contributed by atoms with van der Waals surface area (Å²) in [6, 6.07) is 16.3. The minimum absolute atomic E-state index is 0.124. The van der Waals surface area contributed by atoms with Gasteiger partial charge in [0.05, 0.1) is 55.5 Å². The number of carbonyl (C=O) groups is 4. The number of nitrogens with zero attached hydrogens (tertiary/aromatic N) is 4. The molecule has 2 N–H and O–H groups in total. The van der Waals surface area contributed by atoms with Crippen LogP contribution in [0.3, 0.4) is 0 Å². The van der Waals surface area contributed by atoms with E-state index in [-0.39, 0.29) is 21.4 Å². The fourth-order valence-electron chi connectivity index (χ4n) is 4.65. The minimum Gasteiger partial charge on any atom is -0.497 e. The van der Waals surface area contributed by atoms with Gasteiger partial charge in [-0.05, 0) is 67.9 Å². The number of Topliss-reactive ketones (excluding diaryl/α,β-unsaturated/α-hetero) is 2. The van der Waals surface area contributed by atoms with E-state index in [9.17, 15) is 19.2 Å². The maximum Gasteiger partial charge on any atom is 0.258 e. The number of methoxy groups -OCH3 is 4. The van der Waals surface area contributed by atoms with Gasteiger partial charge in [0.25, 0.3) is 11.8 Å². The molecule has 0 heterocycles. The van der Waals surface area contributed by atoms with Gasteiger partial charge in [-0.3, -0.25) is 19.2 Å². The van der Waals surface area contributed by atoms with Crippen LogP contribution in [0, 0.1) is 0 Å². The molecule has 4 aromatic rings. The largest absolute Gasteiger partial charge is 0.497 e. The van der Waals surface area contributed by atoms with E-state index in [2.05, 4.69) is 31.1 Å². The van der Waals surface area contributed by atoms with Gasteiger partial charge in [0.15, 0.2) is 11.6 Å². The van der Waals surface area contributed by atoms with Crippen LogP contribution in [0.2, 0.25) is 10.0 Å². The second-order valence-electron chi connectivity index (χ2n) is 10.9. The Balaban J connectivity index is 1.49. The SMILES string of the molecule is COc1ccc(OC)c(NC(=O)C(N=Nc2ccc(-c3cc(Cl)c(N=NC(C(C)=O)C(=O)Nc4cc(OC)ccc4OC)cc3Cl)cc2)C(C)=O)c1. The number of hydrogen-bond donors (Lipinski definition) is 2. The number of hydrogen-bond acceptors (Lipinski definition) is 12. The highest BCUT2D eigenvalue weighted by Crippen LogP contribution is 2.38. The van der Waals surface area contributed by atoms with Crippen LogP contribution in [0.1, 0.15) is 13.8 Å². The van der Waals surface area contributed by atoms with Crippen LogP contribution in [0.4, 0.5) is 22.7 Å². The standard InChI is InChI=1S/C36H34Cl2N6O8/c1-19(45)33(35(47)39-29-15-23(49-3)11-13-31(29)51-5)43-41-22-9-7-21(8-10-22)25-17-27(38)28(18-26(25)37)42-44-34(20(2)46)36(48)40-30-16-24(50-4)12-14-32(30)52-6/h7-18,33-34H,1-6H3,(H,39,47)(H,40,48). The van der Waals surface area contributed by atoms with Gasteiger partial charge >= 0.3 is 0 Å². The number of amides is 2. The van der Waals surface area contributed by atoms with Crippen molar-refractivity contribution in [2.24, 2.45) is 20.5 Å². The van der Waals surface area contributed by atoms with Crippen molar-refractivity contribution in [2.45, 2.75) is 25.9 Å². The maximum absolute atomic E-state index is 13.0. The predicted octanol–water partition coefficient (Wildman–Crippen LogP) is 8.05. The summed E-state index contributed by atoms with van der Waals surface area (Å²) in [5.41, 5.74) is 2.24. The summed E-state index contributed by atoms with van der Waals surface area (Å²) in [4.78, 5) is 50.7. The summed E-state index contributed by atoms with van der Waals surface area (Å²) in [6.07, 6.45) is 0. The van der Waals surface area contributed by atoms with Crippen LogP contribution in [0.25, 0.3) is 11.1 Å². The Bertz CT molecular complexity index is 2040. The summed E-state index contributed by atoms with van der Waals surface area (Å²) >= 11 is 13.1. The third kappa shape index (κ3) is 9.68. The molecule has 0 radical (unpaired) electrons. The first-order valence-corrected chi connectivity index (χ1v) is 16.1. The first-order chi connectivity index (χ1) is 24.9. The lowest BCUT2D eigenvalue weighted by Crippen LogP contribution is -2.32. The molecule has 0 bridgehead atoms. The van der Waals surface area contributed by atoms with Crippen molar-refractivity contribution in [3.05, 3.63) is 82.8 Å². The number of azo groups is 2. The van der Waals surface area contributed by atoms with Crippen molar-refractivity contribution in [3.63, 3.8) is 0 Å². The molecule has 0 saturated heterocycles. The molecular weight excluding hydrogens is 715 g/mol. The molecule has 16 heteroatoms. The Morgan fingerprint density at radius 3 is 1.52 bits per heavy atom. The summed E-state index contributed by atoms with van der Waals surface area (Å²) in [7, 11) is 5.84. The summed E-state index contributed by atoms with van der Waals surface area (Å²) < 4.78 is 21.0. The number of ketones is 2. The number of halogens is 2. The van der Waals surface area contributed by atoms with E-state index >= 15 is 0 Å². The molecule has 0 aliphatic heterocycles. The number of carbonyl (C=O) groups excluding carboxylic acids is 4. The van der Waals surface area contributed by atoms with Crippen molar-refractivity contribution in [1.82, 2.24) is 0 Å². The lowest BCUT2D eigenvalue weighted by Gasteiger charge is -2.14. The van der Waals surface area contributed by atoms with E-state index in [1.807, 2.05) is 0 Å². The lowest BCUT2D eigenvalue weighted by atomic mass is 10.0. The highest BCUT2D eigenvalue weighted by atomic mass is 35.5. The Labute approximate surface area is 309 Å². The van der Waals surface area contributed by atoms with Gasteiger partial charge in [-0.1, -0.05) is 35.3 Å².